The van der Waals surface area contributed by atoms with Crippen LogP contribution >= 0.6 is 0 Å². The van der Waals surface area contributed by atoms with Gasteiger partial charge in [0.05, 0.1) is 7.11 Å². The summed E-state index contributed by atoms with van der Waals surface area (Å²) in [5.41, 5.74) is 1.78. The average molecular weight is 603 g/mol. The topological polar surface area (TPSA) is 36.9 Å². The molecular weight excluding hydrogens is 575 g/mol. The van der Waals surface area contributed by atoms with Crippen molar-refractivity contribution in [2.75, 3.05) is 21.3 Å². The molecule has 0 aliphatic rings. The SMILES string of the molecule is COc1ccc2cc(C(OC)(OC)c3ccc(Oc4ccc([I-]c5ccccc5)cc4)cc3)ccc2c1. The van der Waals surface area contributed by atoms with Gasteiger partial charge in [0.25, 0.3) is 0 Å². The number of hydrogen-bond donors (Lipinski definition) is 0. The summed E-state index contributed by atoms with van der Waals surface area (Å²) in [7, 11) is 4.99. The predicted octanol–water partition coefficient (Wildman–Crippen LogP) is 4.26. The van der Waals surface area contributed by atoms with E-state index in [1.165, 1.54) is 7.14 Å². The van der Waals surface area contributed by atoms with Gasteiger partial charge in [-0.2, -0.15) is 0 Å². The van der Waals surface area contributed by atoms with E-state index in [4.69, 9.17) is 18.9 Å². The molecule has 4 nitrogen and oxygen atoms in total. The van der Waals surface area contributed by atoms with Gasteiger partial charge in [0.15, 0.2) is 0 Å². The average Bonchev–Trinajstić information content (AvgIpc) is 2.96. The third-order valence-corrected chi connectivity index (χ3v) is 8.92. The van der Waals surface area contributed by atoms with E-state index < -0.39 is 5.79 Å². The molecule has 0 saturated heterocycles. The zero-order valence-corrected chi connectivity index (χ0v) is 23.1. The minimum atomic E-state index is -1.05. The maximum atomic E-state index is 6.12. The van der Waals surface area contributed by atoms with Gasteiger partial charge in [0, 0.05) is 0 Å². The summed E-state index contributed by atoms with van der Waals surface area (Å²) in [5, 5.41) is 2.17. The Morgan fingerprint density at radius 1 is 0.514 bits per heavy atom. The molecule has 0 unspecified atom stereocenters. The smallest absolute Gasteiger partial charge is 0.0538 e. The Hall–Kier alpha value is -3.39. The molecule has 0 aromatic heterocycles. The number of hydrogen-bond acceptors (Lipinski definition) is 4. The molecule has 0 saturated carbocycles. The molecule has 0 radical (unpaired) electrons. The predicted molar refractivity (Wildman–Crippen MR) is 142 cm³/mol. The van der Waals surface area contributed by atoms with Crippen molar-refractivity contribution in [1.82, 2.24) is 0 Å². The number of fused-ring (bicyclic) bond motifs is 1. The fourth-order valence-electron chi connectivity index (χ4n) is 4.32. The van der Waals surface area contributed by atoms with E-state index in [-0.39, 0.29) is 21.2 Å². The van der Waals surface area contributed by atoms with Crippen molar-refractivity contribution >= 4 is 10.8 Å². The molecule has 188 valence electrons. The molecule has 0 aliphatic carbocycles. The van der Waals surface area contributed by atoms with Crippen LogP contribution in [-0.4, -0.2) is 21.3 Å². The molecule has 0 atom stereocenters. The molecule has 0 N–H and O–H groups in total. The number of ether oxygens (including phenoxy) is 4. The van der Waals surface area contributed by atoms with Crippen LogP contribution < -0.4 is 30.7 Å². The molecule has 0 spiro atoms. The number of benzene rings is 5. The quantitative estimate of drug-likeness (QED) is 0.187. The van der Waals surface area contributed by atoms with Gasteiger partial charge in [0.1, 0.15) is 5.75 Å². The summed E-state index contributed by atoms with van der Waals surface area (Å²) in [5.74, 6) is 1.34. The van der Waals surface area contributed by atoms with Crippen LogP contribution in [0.1, 0.15) is 11.1 Å². The Bertz CT molecular complexity index is 1460. The van der Waals surface area contributed by atoms with Crippen LogP contribution in [0.15, 0.2) is 115 Å². The van der Waals surface area contributed by atoms with Crippen molar-refractivity contribution in [2.45, 2.75) is 5.79 Å². The van der Waals surface area contributed by atoms with Crippen molar-refractivity contribution in [3.63, 3.8) is 0 Å². The Balaban J connectivity index is 1.35. The van der Waals surface area contributed by atoms with Crippen molar-refractivity contribution < 1.29 is 40.2 Å². The first kappa shape index (κ1) is 25.3. The van der Waals surface area contributed by atoms with E-state index in [1.807, 2.05) is 60.7 Å². The van der Waals surface area contributed by atoms with Crippen LogP contribution in [0.25, 0.3) is 10.8 Å². The number of rotatable bonds is 9. The molecule has 37 heavy (non-hydrogen) atoms. The van der Waals surface area contributed by atoms with Crippen molar-refractivity contribution in [2.24, 2.45) is 0 Å². The summed E-state index contributed by atoms with van der Waals surface area (Å²) >= 11 is -0.193. The molecular formula is C32H28IO4-. The third-order valence-electron chi connectivity index (χ3n) is 6.24. The first-order chi connectivity index (χ1) is 18.1. The Kier molecular flexibility index (Phi) is 7.74. The van der Waals surface area contributed by atoms with Crippen LogP contribution in [0.4, 0.5) is 0 Å². The van der Waals surface area contributed by atoms with Gasteiger partial charge in [-0.05, 0) is 22.9 Å². The number of halogens is 1. The second-order valence-corrected chi connectivity index (χ2v) is 11.5. The Morgan fingerprint density at radius 3 is 1.70 bits per heavy atom. The van der Waals surface area contributed by atoms with E-state index >= 15 is 0 Å². The third kappa shape index (κ3) is 5.49. The monoisotopic (exact) mass is 603 g/mol. The van der Waals surface area contributed by atoms with Gasteiger partial charge in [-0.15, -0.1) is 0 Å². The fraction of sp³-hybridized carbons (Fsp3) is 0.125. The molecule has 0 fully saturated rings. The van der Waals surface area contributed by atoms with E-state index in [0.717, 1.165) is 39.1 Å². The summed E-state index contributed by atoms with van der Waals surface area (Å²) in [6.07, 6.45) is 0. The zero-order chi connectivity index (χ0) is 25.7. The van der Waals surface area contributed by atoms with E-state index in [1.54, 1.807) is 21.3 Å². The molecule has 0 aliphatic heterocycles. The Morgan fingerprint density at radius 2 is 1.05 bits per heavy atom. The van der Waals surface area contributed by atoms with Crippen LogP contribution in [0, 0.1) is 7.14 Å². The summed E-state index contributed by atoms with van der Waals surface area (Å²) in [6, 6.07) is 39.0. The van der Waals surface area contributed by atoms with Gasteiger partial charge in [0.2, 0.25) is 0 Å². The summed E-state index contributed by atoms with van der Waals surface area (Å²) < 4.78 is 26.2. The molecule has 5 rings (SSSR count). The summed E-state index contributed by atoms with van der Waals surface area (Å²) in [6.45, 7) is 0. The van der Waals surface area contributed by atoms with E-state index in [9.17, 15) is 0 Å². The molecule has 5 aromatic rings. The first-order valence-corrected chi connectivity index (χ1v) is 14.1. The van der Waals surface area contributed by atoms with Gasteiger partial charge >= 0.3 is 176 Å². The second kappa shape index (κ2) is 11.3. The molecule has 0 heterocycles. The molecule has 0 amide bonds. The molecule has 5 aromatic carbocycles. The Labute approximate surface area is 228 Å². The van der Waals surface area contributed by atoms with Crippen LogP contribution in [0.2, 0.25) is 0 Å². The van der Waals surface area contributed by atoms with Crippen molar-refractivity contribution in [1.29, 1.82) is 0 Å². The van der Waals surface area contributed by atoms with Crippen molar-refractivity contribution in [3.8, 4) is 17.2 Å². The minimum absolute atomic E-state index is 0.193. The second-order valence-electron chi connectivity index (χ2n) is 8.42. The van der Waals surface area contributed by atoms with E-state index in [2.05, 4.69) is 54.6 Å². The van der Waals surface area contributed by atoms with Gasteiger partial charge in [-0.25, -0.2) is 0 Å². The van der Waals surface area contributed by atoms with Crippen LogP contribution in [0.3, 0.4) is 0 Å². The standard InChI is InChI=1S/C32H28IO4/c1-34-31-16-10-23-21-26(11-9-24(23)22-31)32(35-2,36-3)25-12-17-29(18-13-25)37-30-19-14-28(15-20-30)33-27-7-5-4-6-8-27/h4-22H,1-3H3/q-1. The molecule has 0 bridgehead atoms. The van der Waals surface area contributed by atoms with Gasteiger partial charge in [-0.1, -0.05) is 12.1 Å². The van der Waals surface area contributed by atoms with Crippen LogP contribution in [-0.2, 0) is 15.3 Å². The zero-order valence-electron chi connectivity index (χ0n) is 21.0. The normalized spacial score (nSPS) is 11.5. The summed E-state index contributed by atoms with van der Waals surface area (Å²) in [4.78, 5) is 0. The first-order valence-electron chi connectivity index (χ1n) is 11.9. The van der Waals surface area contributed by atoms with Gasteiger partial charge in [-0.3, -0.25) is 0 Å². The minimum Gasteiger partial charge on any atom is -0.0538 e. The van der Waals surface area contributed by atoms with Crippen LogP contribution in [0.5, 0.6) is 17.2 Å². The fourth-order valence-corrected chi connectivity index (χ4v) is 6.54. The number of methoxy groups -OCH3 is 3. The van der Waals surface area contributed by atoms with E-state index in [0.29, 0.717) is 0 Å². The van der Waals surface area contributed by atoms with Crippen molar-refractivity contribution in [3.05, 3.63) is 134 Å². The molecule has 5 heteroatoms. The maximum absolute atomic E-state index is 6.12. The van der Waals surface area contributed by atoms with Gasteiger partial charge < -0.3 is 4.74 Å².